The van der Waals surface area contributed by atoms with Gasteiger partial charge in [-0.15, -0.1) is 5.10 Å². The maximum Gasteiger partial charge on any atom is 0.322 e. The smallest absolute Gasteiger partial charge is 0.322 e. The Balaban J connectivity index is 1.22. The number of benzene rings is 2. The number of aromatic nitrogens is 2. The van der Waals surface area contributed by atoms with E-state index in [1.54, 1.807) is 24.3 Å². The van der Waals surface area contributed by atoms with Crippen LogP contribution in [0.15, 0.2) is 71.2 Å². The highest BCUT2D eigenvalue weighted by Gasteiger charge is 2.49. The van der Waals surface area contributed by atoms with Crippen molar-refractivity contribution in [2.24, 2.45) is 17.3 Å². The van der Waals surface area contributed by atoms with E-state index in [0.717, 1.165) is 18.4 Å². The number of hydrogen-bond donors (Lipinski definition) is 2. The summed E-state index contributed by atoms with van der Waals surface area (Å²) < 4.78 is 5.51. The molecule has 1 heterocycles. The molecule has 1 saturated carbocycles. The van der Waals surface area contributed by atoms with Crippen molar-refractivity contribution in [1.29, 1.82) is 0 Å². The van der Waals surface area contributed by atoms with Gasteiger partial charge < -0.3 is 9.73 Å². The summed E-state index contributed by atoms with van der Waals surface area (Å²) in [6.45, 7) is 2.03. The minimum Gasteiger partial charge on any atom is -0.403 e. The molecule has 0 saturated heterocycles. The lowest BCUT2D eigenvalue weighted by Crippen LogP contribution is -2.36. The molecule has 0 unspecified atom stereocenters. The van der Waals surface area contributed by atoms with Crippen LogP contribution in [0.25, 0.3) is 11.5 Å². The number of nitrogens with one attached hydrogen (secondary N) is 2. The molecule has 7 nitrogen and oxygen atoms in total. The maximum absolute atomic E-state index is 12.9. The minimum absolute atomic E-state index is 0.0264. The first-order chi connectivity index (χ1) is 15.0. The van der Waals surface area contributed by atoms with Crippen LogP contribution in [0.2, 0.25) is 0 Å². The predicted octanol–water partition coefficient (Wildman–Crippen LogP) is 4.53. The van der Waals surface area contributed by atoms with Gasteiger partial charge in [0.15, 0.2) is 0 Å². The largest absolute Gasteiger partial charge is 0.403 e. The van der Waals surface area contributed by atoms with E-state index in [1.165, 1.54) is 0 Å². The first kappa shape index (κ1) is 19.2. The lowest BCUT2D eigenvalue weighted by atomic mass is 9.77. The maximum atomic E-state index is 12.9. The molecule has 31 heavy (non-hydrogen) atoms. The van der Waals surface area contributed by atoms with Crippen molar-refractivity contribution in [2.45, 2.75) is 19.8 Å². The molecule has 0 radical (unpaired) electrons. The summed E-state index contributed by atoms with van der Waals surface area (Å²) in [4.78, 5) is 25.4. The second kappa shape index (κ2) is 7.50. The summed E-state index contributed by atoms with van der Waals surface area (Å²) >= 11 is 0. The molecule has 2 amide bonds. The Morgan fingerprint density at radius 1 is 1.00 bits per heavy atom. The van der Waals surface area contributed by atoms with Crippen molar-refractivity contribution < 1.29 is 14.0 Å². The van der Waals surface area contributed by atoms with Crippen LogP contribution in [0.3, 0.4) is 0 Å². The Morgan fingerprint density at radius 3 is 2.45 bits per heavy atom. The molecule has 3 atom stereocenters. The van der Waals surface area contributed by atoms with E-state index in [1.807, 2.05) is 37.3 Å². The summed E-state index contributed by atoms with van der Waals surface area (Å²) in [6.07, 6.45) is 6.33. The summed E-state index contributed by atoms with van der Waals surface area (Å²) in [6, 6.07) is 16.1. The fourth-order valence-electron chi connectivity index (χ4n) is 4.47. The molecule has 3 aromatic rings. The zero-order valence-corrected chi connectivity index (χ0v) is 17.0. The van der Waals surface area contributed by atoms with Gasteiger partial charge in [0.1, 0.15) is 0 Å². The van der Waals surface area contributed by atoms with Gasteiger partial charge in [-0.05, 0) is 61.1 Å². The Bertz CT molecular complexity index is 1150. The van der Waals surface area contributed by atoms with Crippen LogP contribution in [0, 0.1) is 17.3 Å². The molecule has 2 aliphatic carbocycles. The van der Waals surface area contributed by atoms with Gasteiger partial charge in [0.2, 0.25) is 11.8 Å². The van der Waals surface area contributed by atoms with Crippen LogP contribution in [-0.2, 0) is 4.79 Å². The molecule has 5 rings (SSSR count). The first-order valence-corrected chi connectivity index (χ1v) is 10.3. The van der Waals surface area contributed by atoms with E-state index in [2.05, 4.69) is 33.0 Å². The molecule has 1 fully saturated rings. The number of fused-ring (bicyclic) bond motifs is 2. The third-order valence-corrected chi connectivity index (χ3v) is 6.27. The van der Waals surface area contributed by atoms with Crippen LogP contribution < -0.4 is 10.6 Å². The third kappa shape index (κ3) is 3.63. The second-order valence-corrected chi connectivity index (χ2v) is 8.37. The average molecular weight is 414 g/mol. The van der Waals surface area contributed by atoms with Gasteiger partial charge in [-0.3, -0.25) is 14.9 Å². The Labute approximate surface area is 179 Å². The van der Waals surface area contributed by atoms with Gasteiger partial charge in [-0.25, -0.2) is 0 Å². The van der Waals surface area contributed by atoms with Gasteiger partial charge in [0.25, 0.3) is 5.91 Å². The SMILES string of the molecule is C[C@@]1(C(=O)Nc2ccc(C(=O)Nc3nnc(-c4ccccc4)o3)cc2)C[C@H]2C=C[C@H]1C2. The first-order valence-electron chi connectivity index (χ1n) is 10.3. The minimum atomic E-state index is -0.371. The van der Waals surface area contributed by atoms with Crippen molar-refractivity contribution in [1.82, 2.24) is 10.2 Å². The van der Waals surface area contributed by atoms with E-state index in [4.69, 9.17) is 4.42 Å². The predicted molar refractivity (Wildman–Crippen MR) is 116 cm³/mol. The molecule has 1 aromatic heterocycles. The Kier molecular flexibility index (Phi) is 4.66. The standard InChI is InChI=1S/C24H22N4O3/c1-24(14-15-7-10-18(24)13-15)22(30)25-19-11-8-16(9-12-19)20(29)26-23-28-27-21(31-23)17-5-3-2-4-6-17/h2-12,15,18H,13-14H2,1H3,(H,25,30)(H,26,28,29)/t15-,18-,24+/m0/s1. The molecule has 0 spiro atoms. The molecule has 2 N–H and O–H groups in total. The zero-order chi connectivity index (χ0) is 21.4. The second-order valence-electron chi connectivity index (χ2n) is 8.37. The van der Waals surface area contributed by atoms with Gasteiger partial charge in [-0.1, -0.05) is 42.4 Å². The van der Waals surface area contributed by atoms with E-state index >= 15 is 0 Å². The number of rotatable bonds is 5. The zero-order valence-electron chi connectivity index (χ0n) is 17.0. The van der Waals surface area contributed by atoms with E-state index in [9.17, 15) is 9.59 Å². The summed E-state index contributed by atoms with van der Waals surface area (Å²) in [5.74, 6) is 0.807. The molecule has 0 aliphatic heterocycles. The van der Waals surface area contributed by atoms with Crippen LogP contribution in [-0.4, -0.2) is 22.0 Å². The molecule has 2 bridgehead atoms. The van der Waals surface area contributed by atoms with E-state index in [0.29, 0.717) is 29.0 Å². The summed E-state index contributed by atoms with van der Waals surface area (Å²) in [5.41, 5.74) is 1.49. The molecular formula is C24H22N4O3. The van der Waals surface area contributed by atoms with Gasteiger partial charge in [0, 0.05) is 16.8 Å². The van der Waals surface area contributed by atoms with E-state index in [-0.39, 0.29) is 23.2 Å². The van der Waals surface area contributed by atoms with Crippen molar-refractivity contribution in [3.8, 4) is 11.5 Å². The number of anilines is 2. The van der Waals surface area contributed by atoms with Gasteiger partial charge >= 0.3 is 6.01 Å². The highest BCUT2D eigenvalue weighted by Crippen LogP contribution is 2.52. The lowest BCUT2D eigenvalue weighted by Gasteiger charge is -2.29. The van der Waals surface area contributed by atoms with Crippen LogP contribution in [0.5, 0.6) is 0 Å². The number of carbonyl (C=O) groups is 2. The molecule has 2 aromatic carbocycles. The molecule has 156 valence electrons. The monoisotopic (exact) mass is 414 g/mol. The molecular weight excluding hydrogens is 392 g/mol. The van der Waals surface area contributed by atoms with Crippen molar-refractivity contribution in [3.05, 3.63) is 72.3 Å². The number of nitrogens with zero attached hydrogens (tertiary/aromatic N) is 2. The van der Waals surface area contributed by atoms with Crippen molar-refractivity contribution in [3.63, 3.8) is 0 Å². The third-order valence-electron chi connectivity index (χ3n) is 6.27. The normalized spacial score (nSPS) is 23.6. The topological polar surface area (TPSA) is 97.1 Å². The number of carbonyl (C=O) groups excluding carboxylic acids is 2. The summed E-state index contributed by atoms with van der Waals surface area (Å²) in [7, 11) is 0. The quantitative estimate of drug-likeness (QED) is 0.598. The Morgan fingerprint density at radius 2 is 1.77 bits per heavy atom. The fourth-order valence-corrected chi connectivity index (χ4v) is 4.47. The average Bonchev–Trinajstić information content (AvgIpc) is 3.51. The van der Waals surface area contributed by atoms with Crippen LogP contribution >= 0.6 is 0 Å². The van der Waals surface area contributed by atoms with Crippen LogP contribution in [0.1, 0.15) is 30.1 Å². The Hall–Kier alpha value is -3.74. The number of allylic oxidation sites excluding steroid dienone is 2. The number of amides is 2. The van der Waals surface area contributed by atoms with Crippen molar-refractivity contribution >= 4 is 23.5 Å². The molecule has 7 heteroatoms. The van der Waals surface area contributed by atoms with Crippen LogP contribution in [0.4, 0.5) is 11.7 Å². The van der Waals surface area contributed by atoms with Crippen molar-refractivity contribution in [2.75, 3.05) is 10.6 Å². The van der Waals surface area contributed by atoms with Gasteiger partial charge in [-0.2, -0.15) is 0 Å². The highest BCUT2D eigenvalue weighted by atomic mass is 16.4. The highest BCUT2D eigenvalue weighted by molar-refractivity contribution is 6.03. The fraction of sp³-hybridized carbons (Fsp3) is 0.250. The van der Waals surface area contributed by atoms with Gasteiger partial charge in [0.05, 0.1) is 5.41 Å². The summed E-state index contributed by atoms with van der Waals surface area (Å²) in [5, 5.41) is 13.4. The molecule has 2 aliphatic rings. The number of hydrogen-bond acceptors (Lipinski definition) is 5. The lowest BCUT2D eigenvalue weighted by molar-refractivity contribution is -0.126. The van der Waals surface area contributed by atoms with E-state index < -0.39 is 0 Å².